The molecule has 0 aliphatic carbocycles. The Balaban J connectivity index is 2.25. The molecule has 1 atom stereocenters. The largest absolute Gasteiger partial charge is 0.380 e. The van der Waals surface area contributed by atoms with Crippen molar-refractivity contribution in [3.8, 4) is 12.3 Å². The second-order valence-electron chi connectivity index (χ2n) is 2.08. The van der Waals surface area contributed by atoms with E-state index in [0.717, 1.165) is 26.1 Å². The van der Waals surface area contributed by atoms with Crippen LogP contribution in [0.3, 0.4) is 0 Å². The summed E-state index contributed by atoms with van der Waals surface area (Å²) >= 11 is 0. The summed E-state index contributed by atoms with van der Waals surface area (Å²) in [6, 6.07) is 0. The Hall–Kier alpha value is -0.480. The van der Waals surface area contributed by atoms with Crippen LogP contribution in [0.2, 0.25) is 0 Å². The molecule has 0 aromatic carbocycles. The first-order chi connectivity index (χ1) is 3.93. The molecule has 8 heavy (non-hydrogen) atoms. The Morgan fingerprint density at radius 3 is 2.88 bits per heavy atom. The van der Waals surface area contributed by atoms with Crippen LogP contribution in [-0.2, 0) is 4.74 Å². The first-order valence-corrected chi connectivity index (χ1v) is 2.97. The third kappa shape index (κ3) is 1.24. The summed E-state index contributed by atoms with van der Waals surface area (Å²) < 4.78 is 5.13. The third-order valence-corrected chi connectivity index (χ3v) is 1.40. The highest BCUT2D eigenvalue weighted by Crippen LogP contribution is 2.10. The molecule has 44 valence electrons. The fourth-order valence-corrected chi connectivity index (χ4v) is 0.872. The average Bonchev–Trinajstić information content (AvgIpc) is 1.90. The Labute approximate surface area is 50.0 Å². The average molecular weight is 110 g/mol. The van der Waals surface area contributed by atoms with E-state index >= 15 is 0 Å². The molecule has 0 radical (unpaired) electrons. The highest BCUT2D eigenvalue weighted by Gasteiger charge is 2.09. The minimum atomic E-state index is 0.392. The molecule has 0 saturated carbocycles. The number of rotatable bonds is 0. The van der Waals surface area contributed by atoms with Crippen LogP contribution >= 0.6 is 0 Å². The summed E-state index contributed by atoms with van der Waals surface area (Å²) in [5, 5.41) is 0. The zero-order valence-electron chi connectivity index (χ0n) is 4.89. The van der Waals surface area contributed by atoms with Crippen LogP contribution in [0.5, 0.6) is 0 Å². The van der Waals surface area contributed by atoms with E-state index in [1.165, 1.54) is 0 Å². The molecule has 1 heteroatoms. The smallest absolute Gasteiger partial charge is 0.0603 e. The summed E-state index contributed by atoms with van der Waals surface area (Å²) in [5.41, 5.74) is 0. The van der Waals surface area contributed by atoms with Crippen molar-refractivity contribution in [2.45, 2.75) is 12.8 Å². The molecule has 0 aromatic heterocycles. The first kappa shape index (κ1) is 5.65. The molecular weight excluding hydrogens is 100 g/mol. The lowest BCUT2D eigenvalue weighted by molar-refractivity contribution is 0.0740. The van der Waals surface area contributed by atoms with Gasteiger partial charge >= 0.3 is 0 Å². The van der Waals surface area contributed by atoms with Crippen LogP contribution in [0.4, 0.5) is 0 Å². The van der Waals surface area contributed by atoms with E-state index in [4.69, 9.17) is 11.2 Å². The second kappa shape index (κ2) is 2.74. The predicted octanol–water partition coefficient (Wildman–Crippen LogP) is 1.05. The maximum Gasteiger partial charge on any atom is 0.0603 e. The molecule has 1 rings (SSSR count). The molecule has 1 heterocycles. The standard InChI is InChI=1S/C7H10O/c1-2-7-4-3-5-8-6-7/h1,7H,3-6H2/t7-/m0/s1. The van der Waals surface area contributed by atoms with Crippen LogP contribution in [0.1, 0.15) is 12.8 Å². The zero-order valence-corrected chi connectivity index (χ0v) is 4.89. The van der Waals surface area contributed by atoms with E-state index in [2.05, 4.69) is 5.92 Å². The van der Waals surface area contributed by atoms with Gasteiger partial charge in [0.05, 0.1) is 6.61 Å². The minimum absolute atomic E-state index is 0.392. The van der Waals surface area contributed by atoms with Crippen LogP contribution in [0.15, 0.2) is 0 Å². The molecule has 1 aliphatic rings. The Morgan fingerprint density at radius 1 is 1.62 bits per heavy atom. The lowest BCUT2D eigenvalue weighted by Crippen LogP contribution is -2.14. The minimum Gasteiger partial charge on any atom is -0.380 e. The molecule has 0 spiro atoms. The third-order valence-electron chi connectivity index (χ3n) is 1.40. The number of hydrogen-bond donors (Lipinski definition) is 0. The molecule has 0 aromatic rings. The van der Waals surface area contributed by atoms with Crippen molar-refractivity contribution in [3.63, 3.8) is 0 Å². The van der Waals surface area contributed by atoms with Crippen molar-refractivity contribution in [1.29, 1.82) is 0 Å². The van der Waals surface area contributed by atoms with Gasteiger partial charge in [-0.1, -0.05) is 0 Å². The van der Waals surface area contributed by atoms with Gasteiger partial charge in [0.2, 0.25) is 0 Å². The van der Waals surface area contributed by atoms with Gasteiger partial charge in [0.15, 0.2) is 0 Å². The van der Waals surface area contributed by atoms with E-state index in [9.17, 15) is 0 Å². The number of hydrogen-bond acceptors (Lipinski definition) is 1. The van der Waals surface area contributed by atoms with E-state index in [1.54, 1.807) is 0 Å². The van der Waals surface area contributed by atoms with Gasteiger partial charge in [-0.05, 0) is 12.8 Å². The van der Waals surface area contributed by atoms with Gasteiger partial charge in [0, 0.05) is 12.5 Å². The van der Waals surface area contributed by atoms with E-state index < -0.39 is 0 Å². The highest BCUT2D eigenvalue weighted by atomic mass is 16.5. The Bertz CT molecular complexity index is 95.4. The van der Waals surface area contributed by atoms with Crippen LogP contribution in [-0.4, -0.2) is 13.2 Å². The van der Waals surface area contributed by atoms with Crippen molar-refractivity contribution < 1.29 is 4.74 Å². The quantitative estimate of drug-likeness (QED) is 0.423. The summed E-state index contributed by atoms with van der Waals surface area (Å²) in [4.78, 5) is 0. The van der Waals surface area contributed by atoms with Crippen LogP contribution < -0.4 is 0 Å². The maximum absolute atomic E-state index is 5.17. The molecule has 1 aliphatic heterocycles. The molecular formula is C7H10O. The maximum atomic E-state index is 5.17. The van der Waals surface area contributed by atoms with E-state index in [0.29, 0.717) is 5.92 Å². The highest BCUT2D eigenvalue weighted by molar-refractivity contribution is 4.93. The molecule has 0 bridgehead atoms. The molecule has 1 nitrogen and oxygen atoms in total. The van der Waals surface area contributed by atoms with E-state index in [1.807, 2.05) is 0 Å². The normalized spacial score (nSPS) is 29.1. The van der Waals surface area contributed by atoms with Crippen molar-refractivity contribution >= 4 is 0 Å². The van der Waals surface area contributed by atoms with Gasteiger partial charge in [-0.2, -0.15) is 0 Å². The zero-order chi connectivity index (χ0) is 5.82. The van der Waals surface area contributed by atoms with Crippen molar-refractivity contribution in [2.75, 3.05) is 13.2 Å². The monoisotopic (exact) mass is 110 g/mol. The van der Waals surface area contributed by atoms with Gasteiger partial charge in [-0.15, -0.1) is 12.3 Å². The van der Waals surface area contributed by atoms with Gasteiger partial charge in [0.25, 0.3) is 0 Å². The lowest BCUT2D eigenvalue weighted by atomic mass is 10.0. The summed E-state index contributed by atoms with van der Waals surface area (Å²) in [6.45, 7) is 1.68. The Kier molecular flexibility index (Phi) is 1.93. The van der Waals surface area contributed by atoms with Crippen molar-refractivity contribution in [3.05, 3.63) is 0 Å². The molecule has 0 amide bonds. The predicted molar refractivity (Wildman–Crippen MR) is 32.4 cm³/mol. The molecule has 0 unspecified atom stereocenters. The van der Waals surface area contributed by atoms with Crippen LogP contribution in [0.25, 0.3) is 0 Å². The molecule has 1 fully saturated rings. The fourth-order valence-electron chi connectivity index (χ4n) is 0.872. The first-order valence-electron chi connectivity index (χ1n) is 2.97. The molecule has 1 saturated heterocycles. The van der Waals surface area contributed by atoms with E-state index in [-0.39, 0.29) is 0 Å². The van der Waals surface area contributed by atoms with Crippen molar-refractivity contribution in [2.24, 2.45) is 5.92 Å². The van der Waals surface area contributed by atoms with Gasteiger partial charge in [-0.3, -0.25) is 0 Å². The van der Waals surface area contributed by atoms with Gasteiger partial charge < -0.3 is 4.74 Å². The summed E-state index contributed by atoms with van der Waals surface area (Å²) in [5.74, 6) is 3.07. The lowest BCUT2D eigenvalue weighted by Gasteiger charge is -2.16. The van der Waals surface area contributed by atoms with Gasteiger partial charge in [0.1, 0.15) is 0 Å². The topological polar surface area (TPSA) is 9.23 Å². The summed E-state index contributed by atoms with van der Waals surface area (Å²) in [7, 11) is 0. The SMILES string of the molecule is C#C[C@H]1CCCOC1. The van der Waals surface area contributed by atoms with Gasteiger partial charge in [-0.25, -0.2) is 0 Å². The van der Waals surface area contributed by atoms with Crippen LogP contribution in [0, 0.1) is 18.3 Å². The number of ether oxygens (including phenoxy) is 1. The number of terminal acetylenes is 1. The van der Waals surface area contributed by atoms with Crippen molar-refractivity contribution in [1.82, 2.24) is 0 Å². The summed E-state index contributed by atoms with van der Waals surface area (Å²) in [6.07, 6.45) is 7.46. The fraction of sp³-hybridized carbons (Fsp3) is 0.714. The second-order valence-corrected chi connectivity index (χ2v) is 2.08. The Morgan fingerprint density at radius 2 is 2.50 bits per heavy atom. The molecule has 0 N–H and O–H groups in total.